The first-order chi connectivity index (χ1) is 8.55. The van der Waals surface area contributed by atoms with E-state index in [1.807, 2.05) is 0 Å². The van der Waals surface area contributed by atoms with Crippen molar-refractivity contribution < 1.29 is 14.6 Å². The minimum Gasteiger partial charge on any atom is -0.454 e. The van der Waals surface area contributed by atoms with Crippen molar-refractivity contribution in [1.29, 1.82) is 0 Å². The molecular weight excluding hydrogens is 228 g/mol. The first-order valence-electron chi connectivity index (χ1n) is 6.82. The number of carbonyl (C=O) groups is 1. The van der Waals surface area contributed by atoms with Crippen LogP contribution in [0.2, 0.25) is 0 Å². The Kier molecular flexibility index (Phi) is 2.63. The summed E-state index contributed by atoms with van der Waals surface area (Å²) in [6.07, 6.45) is 6.56. The van der Waals surface area contributed by atoms with Gasteiger partial charge in [0.05, 0.1) is 12.2 Å². The second-order valence-corrected chi connectivity index (χ2v) is 6.14. The van der Waals surface area contributed by atoms with Crippen molar-refractivity contribution >= 4 is 5.97 Å². The van der Waals surface area contributed by atoms with E-state index in [1.165, 1.54) is 24.8 Å². The molecule has 1 N–H and O–H groups in total. The molecule has 1 heterocycles. The zero-order chi connectivity index (χ0) is 12.9. The van der Waals surface area contributed by atoms with Gasteiger partial charge in [-0.1, -0.05) is 31.9 Å². The van der Waals surface area contributed by atoms with Gasteiger partial charge in [0, 0.05) is 5.57 Å². The van der Waals surface area contributed by atoms with Gasteiger partial charge in [-0.15, -0.1) is 0 Å². The van der Waals surface area contributed by atoms with Crippen LogP contribution in [0, 0.1) is 11.3 Å². The Bertz CT molecular complexity index is 460. The Labute approximate surface area is 108 Å². The van der Waals surface area contributed by atoms with Gasteiger partial charge in [0.15, 0.2) is 0 Å². The Morgan fingerprint density at radius 1 is 1.56 bits per heavy atom. The van der Waals surface area contributed by atoms with Crippen LogP contribution in [0.5, 0.6) is 0 Å². The third-order valence-electron chi connectivity index (χ3n) is 4.89. The molecule has 0 radical (unpaired) electrons. The maximum atomic E-state index is 11.7. The molecule has 0 aromatic rings. The summed E-state index contributed by atoms with van der Waals surface area (Å²) in [5, 5.41) is 9.31. The van der Waals surface area contributed by atoms with Crippen molar-refractivity contribution in [3.8, 4) is 0 Å². The maximum absolute atomic E-state index is 11.7. The SMILES string of the molecule is C[C@@H]1CCC[C@]2(C)C[C@@H]3OC(=O)C(CO)=C3C=C12. The predicted molar refractivity (Wildman–Crippen MR) is 67.8 cm³/mol. The lowest BCUT2D eigenvalue weighted by atomic mass is 9.61. The number of hydrogen-bond donors (Lipinski definition) is 1. The normalized spacial score (nSPS) is 39.1. The molecule has 0 amide bonds. The monoisotopic (exact) mass is 248 g/mol. The van der Waals surface area contributed by atoms with Crippen LogP contribution < -0.4 is 0 Å². The van der Waals surface area contributed by atoms with Gasteiger partial charge in [0.2, 0.25) is 0 Å². The van der Waals surface area contributed by atoms with Crippen molar-refractivity contribution in [2.75, 3.05) is 6.61 Å². The largest absolute Gasteiger partial charge is 0.454 e. The van der Waals surface area contributed by atoms with E-state index in [1.54, 1.807) is 0 Å². The molecule has 0 spiro atoms. The smallest absolute Gasteiger partial charge is 0.337 e. The molecule has 18 heavy (non-hydrogen) atoms. The lowest BCUT2D eigenvalue weighted by Crippen LogP contribution is -2.36. The minimum atomic E-state index is -0.329. The molecule has 1 saturated carbocycles. The molecule has 0 aromatic carbocycles. The van der Waals surface area contributed by atoms with E-state index in [9.17, 15) is 9.90 Å². The van der Waals surface area contributed by atoms with E-state index in [-0.39, 0.29) is 24.1 Å². The number of hydrogen-bond acceptors (Lipinski definition) is 3. The molecule has 3 nitrogen and oxygen atoms in total. The summed E-state index contributed by atoms with van der Waals surface area (Å²) in [4.78, 5) is 11.7. The molecule has 0 aromatic heterocycles. The third-order valence-corrected chi connectivity index (χ3v) is 4.89. The molecular formula is C15H20O3. The van der Waals surface area contributed by atoms with Crippen LogP contribution in [0.4, 0.5) is 0 Å². The summed E-state index contributed by atoms with van der Waals surface area (Å²) >= 11 is 0. The van der Waals surface area contributed by atoms with Crippen LogP contribution in [0.15, 0.2) is 22.8 Å². The molecule has 2 aliphatic carbocycles. The second-order valence-electron chi connectivity index (χ2n) is 6.14. The summed E-state index contributed by atoms with van der Waals surface area (Å²) in [7, 11) is 0. The van der Waals surface area contributed by atoms with E-state index in [0.29, 0.717) is 11.5 Å². The number of fused-ring (bicyclic) bond motifs is 2. The highest BCUT2D eigenvalue weighted by Crippen LogP contribution is 2.52. The number of rotatable bonds is 1. The summed E-state index contributed by atoms with van der Waals surface area (Å²) in [6.45, 7) is 4.34. The molecule has 3 atom stereocenters. The van der Waals surface area contributed by atoms with Gasteiger partial charge in [-0.05, 0) is 30.6 Å². The van der Waals surface area contributed by atoms with Crippen LogP contribution >= 0.6 is 0 Å². The van der Waals surface area contributed by atoms with Crippen LogP contribution in [0.3, 0.4) is 0 Å². The molecule has 3 aliphatic rings. The van der Waals surface area contributed by atoms with Crippen LogP contribution in [0.25, 0.3) is 0 Å². The average Bonchev–Trinajstić information content (AvgIpc) is 2.60. The van der Waals surface area contributed by atoms with Crippen LogP contribution in [-0.4, -0.2) is 23.8 Å². The highest BCUT2D eigenvalue weighted by molar-refractivity contribution is 5.93. The Hall–Kier alpha value is -1.09. The number of esters is 1. The summed E-state index contributed by atoms with van der Waals surface area (Å²) in [6, 6.07) is 0. The fraction of sp³-hybridized carbons (Fsp3) is 0.667. The summed E-state index contributed by atoms with van der Waals surface area (Å²) in [5.74, 6) is 0.247. The van der Waals surface area contributed by atoms with Gasteiger partial charge in [-0.25, -0.2) is 4.79 Å². The lowest BCUT2D eigenvalue weighted by molar-refractivity contribution is -0.141. The molecule has 1 aliphatic heterocycles. The average molecular weight is 248 g/mol. The van der Waals surface area contributed by atoms with Crippen LogP contribution in [-0.2, 0) is 9.53 Å². The van der Waals surface area contributed by atoms with Crippen molar-refractivity contribution in [3.63, 3.8) is 0 Å². The van der Waals surface area contributed by atoms with Gasteiger partial charge in [0.25, 0.3) is 0 Å². The highest BCUT2D eigenvalue weighted by Gasteiger charge is 2.45. The van der Waals surface area contributed by atoms with Crippen molar-refractivity contribution in [1.82, 2.24) is 0 Å². The second kappa shape index (κ2) is 3.95. The number of ether oxygens (including phenoxy) is 1. The number of carbonyl (C=O) groups excluding carboxylic acids is 1. The maximum Gasteiger partial charge on any atom is 0.337 e. The lowest BCUT2D eigenvalue weighted by Gasteiger charge is -2.44. The number of aliphatic hydroxyl groups is 1. The van der Waals surface area contributed by atoms with Crippen molar-refractivity contribution in [2.45, 2.75) is 45.6 Å². The quantitative estimate of drug-likeness (QED) is 0.725. The molecule has 98 valence electrons. The van der Waals surface area contributed by atoms with E-state index < -0.39 is 0 Å². The Balaban J connectivity index is 2.08. The van der Waals surface area contributed by atoms with E-state index in [4.69, 9.17) is 4.74 Å². The zero-order valence-corrected chi connectivity index (χ0v) is 11.0. The summed E-state index contributed by atoms with van der Waals surface area (Å²) in [5.41, 5.74) is 3.03. The molecule has 3 rings (SSSR count). The number of allylic oxidation sites excluding steroid dienone is 1. The molecule has 1 fully saturated rings. The van der Waals surface area contributed by atoms with Gasteiger partial charge >= 0.3 is 5.97 Å². The van der Waals surface area contributed by atoms with E-state index in [2.05, 4.69) is 19.9 Å². The Morgan fingerprint density at radius 2 is 2.33 bits per heavy atom. The van der Waals surface area contributed by atoms with Crippen LogP contribution in [0.1, 0.15) is 39.5 Å². The minimum absolute atomic E-state index is 0.126. The van der Waals surface area contributed by atoms with E-state index >= 15 is 0 Å². The van der Waals surface area contributed by atoms with Crippen molar-refractivity contribution in [2.24, 2.45) is 11.3 Å². The fourth-order valence-electron chi connectivity index (χ4n) is 3.87. The molecule has 0 unspecified atom stereocenters. The van der Waals surface area contributed by atoms with Gasteiger partial charge in [-0.2, -0.15) is 0 Å². The Morgan fingerprint density at radius 3 is 3.06 bits per heavy atom. The molecule has 0 bridgehead atoms. The third kappa shape index (κ3) is 1.57. The number of aliphatic hydroxyl groups excluding tert-OH is 1. The van der Waals surface area contributed by atoms with Gasteiger partial charge in [-0.3, -0.25) is 0 Å². The standard InChI is InChI=1S/C15H20O3/c1-9-4-3-5-15(2)7-13-10(6-12(9)15)11(8-16)14(17)18-13/h6,9,13,16H,3-5,7-8H2,1-2H3/t9-,13+,15-/m1/s1. The van der Waals surface area contributed by atoms with Gasteiger partial charge < -0.3 is 9.84 Å². The first kappa shape index (κ1) is 12.0. The van der Waals surface area contributed by atoms with Gasteiger partial charge in [0.1, 0.15) is 6.10 Å². The fourth-order valence-corrected chi connectivity index (χ4v) is 3.87. The highest BCUT2D eigenvalue weighted by atomic mass is 16.5. The van der Waals surface area contributed by atoms with Crippen molar-refractivity contribution in [3.05, 3.63) is 22.8 Å². The first-order valence-corrected chi connectivity index (χ1v) is 6.82. The molecule has 3 heteroatoms. The topological polar surface area (TPSA) is 46.5 Å². The summed E-state index contributed by atoms with van der Waals surface area (Å²) < 4.78 is 5.40. The zero-order valence-electron chi connectivity index (χ0n) is 11.0. The molecule has 0 saturated heterocycles. The predicted octanol–water partition coefficient (Wildman–Crippen LogP) is 2.36. The van der Waals surface area contributed by atoms with E-state index in [0.717, 1.165) is 12.0 Å².